The van der Waals surface area contributed by atoms with Crippen LogP contribution in [0, 0.1) is 0 Å². The van der Waals surface area contributed by atoms with Crippen LogP contribution in [0.25, 0.3) is 0 Å². The van der Waals surface area contributed by atoms with Crippen LogP contribution in [0.4, 0.5) is 0 Å². The zero-order chi connectivity index (χ0) is 16.1. The normalized spacial score (nSPS) is 12.0. The van der Waals surface area contributed by atoms with Crippen molar-refractivity contribution in [2.24, 2.45) is 0 Å². The number of aromatic nitrogens is 2. The number of nitrogens with one attached hydrogen (secondary N) is 1. The Labute approximate surface area is 132 Å². The van der Waals surface area contributed by atoms with Crippen LogP contribution in [-0.4, -0.2) is 41.5 Å². The minimum absolute atomic E-state index is 0.0274. The molecule has 116 valence electrons. The maximum Gasteiger partial charge on any atom is 0.266 e. The van der Waals surface area contributed by atoms with E-state index in [1.165, 1.54) is 17.2 Å². The number of methoxy groups -OCH3 is 1. The molecule has 0 saturated carbocycles. The molecule has 0 radical (unpaired) electrons. The van der Waals surface area contributed by atoms with Gasteiger partial charge in [0.05, 0.1) is 23.9 Å². The highest BCUT2D eigenvalue weighted by molar-refractivity contribution is 6.30. The number of carbonyl (C=O) groups is 1. The molecular weight excluding hydrogens is 306 g/mol. The number of aromatic amines is 1. The SMILES string of the molecule is COCC(c1ccccn1)N(C)C(=O)c1c[nH]c(=O)c(Cl)c1. The van der Waals surface area contributed by atoms with Crippen LogP contribution in [0.2, 0.25) is 5.02 Å². The first kappa shape index (κ1) is 16.2. The highest BCUT2D eigenvalue weighted by atomic mass is 35.5. The number of pyridine rings is 2. The Morgan fingerprint density at radius 1 is 1.50 bits per heavy atom. The monoisotopic (exact) mass is 321 g/mol. The summed E-state index contributed by atoms with van der Waals surface area (Å²) in [5, 5.41) is -0.0274. The lowest BCUT2D eigenvalue weighted by atomic mass is 10.1. The third-order valence-electron chi connectivity index (χ3n) is 3.25. The summed E-state index contributed by atoms with van der Waals surface area (Å²) in [6.45, 7) is 0.302. The highest BCUT2D eigenvalue weighted by Gasteiger charge is 2.24. The van der Waals surface area contributed by atoms with E-state index < -0.39 is 5.56 Å². The number of H-pyrrole nitrogens is 1. The second-order valence-corrected chi connectivity index (χ2v) is 5.11. The quantitative estimate of drug-likeness (QED) is 0.912. The first-order valence-electron chi connectivity index (χ1n) is 6.60. The molecule has 2 heterocycles. The molecule has 1 atom stereocenters. The number of likely N-dealkylation sites (N-methyl/N-ethyl adjacent to an activating group) is 1. The average molecular weight is 322 g/mol. The molecule has 0 aromatic carbocycles. The van der Waals surface area contributed by atoms with Crippen molar-refractivity contribution in [1.82, 2.24) is 14.9 Å². The number of rotatable bonds is 5. The molecule has 6 nitrogen and oxygen atoms in total. The van der Waals surface area contributed by atoms with E-state index in [9.17, 15) is 9.59 Å². The number of nitrogens with zero attached hydrogens (tertiary/aromatic N) is 2. The summed E-state index contributed by atoms with van der Waals surface area (Å²) in [6, 6.07) is 6.48. The van der Waals surface area contributed by atoms with Crippen molar-refractivity contribution in [1.29, 1.82) is 0 Å². The maximum atomic E-state index is 12.6. The van der Waals surface area contributed by atoms with Crippen molar-refractivity contribution in [2.45, 2.75) is 6.04 Å². The Bertz CT molecular complexity index is 703. The van der Waals surface area contributed by atoms with Crippen LogP contribution in [0.15, 0.2) is 41.5 Å². The molecule has 0 bridgehead atoms. The minimum Gasteiger partial charge on any atom is -0.382 e. The van der Waals surface area contributed by atoms with E-state index in [0.717, 1.165) is 5.69 Å². The van der Waals surface area contributed by atoms with Crippen molar-refractivity contribution < 1.29 is 9.53 Å². The Balaban J connectivity index is 2.30. The summed E-state index contributed by atoms with van der Waals surface area (Å²) >= 11 is 5.77. The largest absolute Gasteiger partial charge is 0.382 e. The van der Waals surface area contributed by atoms with Crippen molar-refractivity contribution >= 4 is 17.5 Å². The van der Waals surface area contributed by atoms with E-state index in [-0.39, 0.29) is 17.0 Å². The van der Waals surface area contributed by atoms with Gasteiger partial charge in [0.15, 0.2) is 0 Å². The molecule has 22 heavy (non-hydrogen) atoms. The van der Waals surface area contributed by atoms with Crippen molar-refractivity contribution in [2.75, 3.05) is 20.8 Å². The smallest absolute Gasteiger partial charge is 0.266 e. The van der Waals surface area contributed by atoms with Gasteiger partial charge in [0.2, 0.25) is 0 Å². The van der Waals surface area contributed by atoms with Gasteiger partial charge < -0.3 is 14.6 Å². The van der Waals surface area contributed by atoms with Gasteiger partial charge >= 0.3 is 0 Å². The van der Waals surface area contributed by atoms with E-state index in [1.54, 1.807) is 26.4 Å². The Morgan fingerprint density at radius 2 is 2.27 bits per heavy atom. The number of hydrogen-bond acceptors (Lipinski definition) is 4. The van der Waals surface area contributed by atoms with Crippen LogP contribution in [0.3, 0.4) is 0 Å². The van der Waals surface area contributed by atoms with E-state index in [1.807, 2.05) is 12.1 Å². The van der Waals surface area contributed by atoms with E-state index in [4.69, 9.17) is 16.3 Å². The van der Waals surface area contributed by atoms with Gasteiger partial charge in [0.25, 0.3) is 11.5 Å². The Kier molecular flexibility index (Phi) is 5.30. The van der Waals surface area contributed by atoms with Crippen LogP contribution >= 0.6 is 11.6 Å². The fourth-order valence-corrected chi connectivity index (χ4v) is 2.22. The summed E-state index contributed by atoms with van der Waals surface area (Å²) in [5.74, 6) is -0.286. The van der Waals surface area contributed by atoms with Gasteiger partial charge in [-0.1, -0.05) is 17.7 Å². The zero-order valence-corrected chi connectivity index (χ0v) is 13.0. The zero-order valence-electron chi connectivity index (χ0n) is 12.2. The van der Waals surface area contributed by atoms with Gasteiger partial charge in [-0.15, -0.1) is 0 Å². The molecule has 0 spiro atoms. The number of halogens is 1. The third kappa shape index (κ3) is 3.52. The van der Waals surface area contributed by atoms with Gasteiger partial charge in [-0.2, -0.15) is 0 Å². The number of amides is 1. The number of ether oxygens (including phenoxy) is 1. The van der Waals surface area contributed by atoms with Crippen molar-refractivity contribution in [3.63, 3.8) is 0 Å². The lowest BCUT2D eigenvalue weighted by molar-refractivity contribution is 0.0594. The molecule has 1 unspecified atom stereocenters. The van der Waals surface area contributed by atoms with Crippen molar-refractivity contribution in [3.05, 3.63) is 63.3 Å². The topological polar surface area (TPSA) is 75.3 Å². The highest BCUT2D eigenvalue weighted by Crippen LogP contribution is 2.20. The molecule has 7 heteroatoms. The molecule has 0 fully saturated rings. The second kappa shape index (κ2) is 7.20. The van der Waals surface area contributed by atoms with Gasteiger partial charge in [-0.3, -0.25) is 14.6 Å². The molecule has 2 aromatic rings. The Hall–Kier alpha value is -2.18. The Morgan fingerprint density at radius 3 is 2.86 bits per heavy atom. The van der Waals surface area contributed by atoms with E-state index in [0.29, 0.717) is 12.2 Å². The average Bonchev–Trinajstić information content (AvgIpc) is 2.54. The predicted octanol–water partition coefficient (Wildman–Crippen LogP) is 1.88. The lowest BCUT2D eigenvalue weighted by Gasteiger charge is -2.27. The summed E-state index contributed by atoms with van der Waals surface area (Å²) in [4.78, 5) is 32.1. The minimum atomic E-state index is -0.431. The molecule has 0 aliphatic heterocycles. The van der Waals surface area contributed by atoms with Crippen LogP contribution in [-0.2, 0) is 4.74 Å². The fourth-order valence-electron chi connectivity index (χ4n) is 2.05. The first-order valence-corrected chi connectivity index (χ1v) is 6.97. The van der Waals surface area contributed by atoms with E-state index in [2.05, 4.69) is 9.97 Å². The first-order chi connectivity index (χ1) is 10.5. The lowest BCUT2D eigenvalue weighted by Crippen LogP contribution is -2.34. The summed E-state index contributed by atoms with van der Waals surface area (Å²) in [7, 11) is 3.21. The van der Waals surface area contributed by atoms with Crippen molar-refractivity contribution in [3.8, 4) is 0 Å². The van der Waals surface area contributed by atoms with E-state index >= 15 is 0 Å². The van der Waals surface area contributed by atoms with Gasteiger partial charge in [-0.05, 0) is 18.2 Å². The summed E-state index contributed by atoms with van der Waals surface area (Å²) in [6.07, 6.45) is 3.00. The predicted molar refractivity (Wildman–Crippen MR) is 83.0 cm³/mol. The van der Waals surface area contributed by atoms with Gasteiger partial charge in [0.1, 0.15) is 5.02 Å². The number of carbonyl (C=O) groups excluding carboxylic acids is 1. The molecule has 0 saturated heterocycles. The maximum absolute atomic E-state index is 12.6. The molecule has 2 rings (SSSR count). The summed E-state index contributed by atoms with van der Waals surface area (Å²) < 4.78 is 5.19. The molecule has 1 amide bonds. The fraction of sp³-hybridized carbons (Fsp3) is 0.267. The molecule has 1 N–H and O–H groups in total. The molecule has 0 aliphatic rings. The molecular formula is C15H16ClN3O3. The standard InChI is InChI=1S/C15H16ClN3O3/c1-19(13(9-22-2)12-5-3-4-6-17-12)15(21)10-7-11(16)14(20)18-8-10/h3-8,13H,9H2,1-2H3,(H,18,20). The second-order valence-electron chi connectivity index (χ2n) is 4.71. The van der Waals surface area contributed by atoms with Crippen LogP contribution in [0.5, 0.6) is 0 Å². The summed E-state index contributed by atoms with van der Waals surface area (Å²) in [5.41, 5.74) is 0.582. The van der Waals surface area contributed by atoms with Crippen LogP contribution < -0.4 is 5.56 Å². The third-order valence-corrected chi connectivity index (χ3v) is 3.53. The van der Waals surface area contributed by atoms with Gasteiger partial charge in [-0.25, -0.2) is 0 Å². The molecule has 0 aliphatic carbocycles. The molecule has 2 aromatic heterocycles. The van der Waals surface area contributed by atoms with Gasteiger partial charge in [0, 0.05) is 26.6 Å². The number of hydrogen-bond donors (Lipinski definition) is 1. The van der Waals surface area contributed by atoms with Crippen LogP contribution in [0.1, 0.15) is 22.1 Å².